The van der Waals surface area contributed by atoms with Gasteiger partial charge in [0.05, 0.1) is 12.6 Å². The Bertz CT molecular complexity index is 961. The van der Waals surface area contributed by atoms with Gasteiger partial charge in [-0.15, -0.1) is 20.4 Å². The van der Waals surface area contributed by atoms with E-state index in [2.05, 4.69) is 20.4 Å². The van der Waals surface area contributed by atoms with E-state index in [0.29, 0.717) is 22.6 Å². The zero-order valence-electron chi connectivity index (χ0n) is 14.2. The molecule has 0 aliphatic carbocycles. The maximum absolute atomic E-state index is 13.3. The van der Waals surface area contributed by atoms with Crippen LogP contribution in [0, 0.1) is 17.1 Å². The first kappa shape index (κ1) is 17.6. The minimum absolute atomic E-state index is 0.0894. The maximum atomic E-state index is 13.3. The molecule has 2 aromatic heterocycles. The molecule has 0 amide bonds. The number of halogens is 1. The van der Waals surface area contributed by atoms with Crippen LogP contribution in [0.3, 0.4) is 0 Å². The molecule has 1 unspecified atom stereocenters. The van der Waals surface area contributed by atoms with Crippen molar-refractivity contribution in [2.24, 2.45) is 0 Å². The summed E-state index contributed by atoms with van der Waals surface area (Å²) in [6.45, 7) is 1.36. The van der Waals surface area contributed by atoms with Crippen LogP contribution in [0.5, 0.6) is 0 Å². The lowest BCUT2D eigenvalue weighted by atomic mass is 10.2. The number of hydrogen-bond acceptors (Lipinski definition) is 7. The molecule has 1 saturated heterocycles. The third-order valence-corrected chi connectivity index (χ3v) is 5.09. The van der Waals surface area contributed by atoms with Crippen molar-refractivity contribution < 1.29 is 9.13 Å². The first-order valence-corrected chi connectivity index (χ1v) is 9.27. The van der Waals surface area contributed by atoms with E-state index in [1.165, 1.54) is 23.9 Å². The molecule has 0 radical (unpaired) electrons. The monoisotopic (exact) mass is 382 g/mol. The fraction of sp³-hybridized carbons (Fsp3) is 0.278. The van der Waals surface area contributed by atoms with E-state index < -0.39 is 0 Å². The second kappa shape index (κ2) is 7.82. The lowest BCUT2D eigenvalue weighted by Gasteiger charge is -2.14. The van der Waals surface area contributed by atoms with Crippen molar-refractivity contribution in [2.75, 3.05) is 6.61 Å². The van der Waals surface area contributed by atoms with Crippen LogP contribution in [0.4, 0.5) is 4.39 Å². The van der Waals surface area contributed by atoms with Gasteiger partial charge in [0.2, 0.25) is 0 Å². The summed E-state index contributed by atoms with van der Waals surface area (Å²) >= 11 is 1.31. The number of benzene rings is 1. The van der Waals surface area contributed by atoms with Gasteiger partial charge in [0.25, 0.3) is 0 Å². The fourth-order valence-electron chi connectivity index (χ4n) is 2.86. The summed E-state index contributed by atoms with van der Waals surface area (Å²) in [5.74, 6) is 0.348. The average molecular weight is 382 g/mol. The van der Waals surface area contributed by atoms with Crippen molar-refractivity contribution in [3.63, 3.8) is 0 Å². The highest BCUT2D eigenvalue weighted by Crippen LogP contribution is 2.30. The van der Waals surface area contributed by atoms with Gasteiger partial charge in [-0.3, -0.25) is 4.57 Å². The van der Waals surface area contributed by atoms with Crippen molar-refractivity contribution in [2.45, 2.75) is 35.7 Å². The Hall–Kier alpha value is -2.83. The number of aromatic nitrogens is 5. The first-order valence-electron chi connectivity index (χ1n) is 8.45. The van der Waals surface area contributed by atoms with E-state index in [4.69, 9.17) is 10.00 Å². The van der Waals surface area contributed by atoms with E-state index in [9.17, 15) is 4.39 Å². The molecule has 9 heteroatoms. The van der Waals surface area contributed by atoms with Crippen LogP contribution in [0.2, 0.25) is 0 Å². The average Bonchev–Trinajstić information content (AvgIpc) is 3.34. The van der Waals surface area contributed by atoms with Gasteiger partial charge in [-0.05, 0) is 61.0 Å². The lowest BCUT2D eigenvalue weighted by molar-refractivity contribution is 0.0953. The Morgan fingerprint density at radius 3 is 2.67 bits per heavy atom. The molecule has 0 saturated carbocycles. The summed E-state index contributed by atoms with van der Waals surface area (Å²) in [6, 6.07) is 11.4. The summed E-state index contributed by atoms with van der Waals surface area (Å²) in [4.78, 5) is 0. The molecule has 0 spiro atoms. The van der Waals surface area contributed by atoms with Crippen molar-refractivity contribution in [1.82, 2.24) is 25.0 Å². The van der Waals surface area contributed by atoms with Gasteiger partial charge >= 0.3 is 0 Å². The molecule has 136 valence electrons. The first-order chi connectivity index (χ1) is 13.2. The smallest absolute Gasteiger partial charge is 0.197 e. The lowest BCUT2D eigenvalue weighted by Crippen LogP contribution is -2.16. The topological polar surface area (TPSA) is 89.5 Å². The predicted octanol–water partition coefficient (Wildman–Crippen LogP) is 3.08. The molecule has 0 N–H and O–H groups in total. The molecule has 3 aromatic rings. The second-order valence-electron chi connectivity index (χ2n) is 6.03. The third kappa shape index (κ3) is 3.97. The Kier molecular flexibility index (Phi) is 5.09. The van der Waals surface area contributed by atoms with Gasteiger partial charge in [0, 0.05) is 12.2 Å². The molecular weight excluding hydrogens is 367 g/mol. The molecule has 7 nitrogen and oxygen atoms in total. The highest BCUT2D eigenvalue weighted by Gasteiger charge is 2.22. The normalized spacial score (nSPS) is 16.4. The number of nitriles is 1. The zero-order valence-corrected chi connectivity index (χ0v) is 15.1. The van der Waals surface area contributed by atoms with Crippen molar-refractivity contribution >= 4 is 11.8 Å². The van der Waals surface area contributed by atoms with Crippen molar-refractivity contribution in [1.29, 1.82) is 5.26 Å². The van der Waals surface area contributed by atoms with Crippen molar-refractivity contribution in [3.05, 3.63) is 47.9 Å². The van der Waals surface area contributed by atoms with Gasteiger partial charge < -0.3 is 4.74 Å². The van der Waals surface area contributed by atoms with Crippen molar-refractivity contribution in [3.8, 4) is 17.5 Å². The summed E-state index contributed by atoms with van der Waals surface area (Å²) in [5, 5.41) is 26.6. The van der Waals surface area contributed by atoms with Crippen LogP contribution < -0.4 is 0 Å². The van der Waals surface area contributed by atoms with E-state index >= 15 is 0 Å². The molecule has 3 heterocycles. The van der Waals surface area contributed by atoms with Gasteiger partial charge in [-0.25, -0.2) is 4.39 Å². The minimum Gasteiger partial charge on any atom is -0.376 e. The van der Waals surface area contributed by atoms with Crippen LogP contribution in [0.25, 0.3) is 11.4 Å². The molecule has 27 heavy (non-hydrogen) atoms. The summed E-state index contributed by atoms with van der Waals surface area (Å²) in [5.41, 5.74) is 1.03. The standard InChI is InChI=1S/C18H15FN6OS/c19-13-5-3-12(4-6-13)17-23-24-18(25(17)11-15-2-1-9-26-15)27-16-8-7-14(10-20)21-22-16/h3-8,15H,1-2,9,11H2. The minimum atomic E-state index is -0.300. The molecular formula is C18H15FN6OS. The fourth-order valence-corrected chi connectivity index (χ4v) is 3.62. The maximum Gasteiger partial charge on any atom is 0.197 e. The molecule has 1 aliphatic heterocycles. The van der Waals surface area contributed by atoms with Crippen LogP contribution in [-0.2, 0) is 11.3 Å². The number of nitrogens with zero attached hydrogens (tertiary/aromatic N) is 6. The predicted molar refractivity (Wildman–Crippen MR) is 95.3 cm³/mol. The zero-order chi connectivity index (χ0) is 18.6. The Balaban J connectivity index is 1.67. The van der Waals surface area contributed by atoms with Crippen LogP contribution in [0.1, 0.15) is 18.5 Å². The van der Waals surface area contributed by atoms with E-state index in [1.807, 2.05) is 10.6 Å². The quantitative estimate of drug-likeness (QED) is 0.670. The van der Waals surface area contributed by atoms with E-state index in [-0.39, 0.29) is 17.6 Å². The second-order valence-corrected chi connectivity index (χ2v) is 7.02. The summed E-state index contributed by atoms with van der Waals surface area (Å²) in [7, 11) is 0. The molecule has 4 rings (SSSR count). The third-order valence-electron chi connectivity index (χ3n) is 4.18. The van der Waals surface area contributed by atoms with Gasteiger partial charge in [-0.1, -0.05) is 0 Å². The number of rotatable bonds is 5. The summed E-state index contributed by atoms with van der Waals surface area (Å²) in [6.07, 6.45) is 2.09. The largest absolute Gasteiger partial charge is 0.376 e. The van der Waals surface area contributed by atoms with Gasteiger partial charge in [0.1, 0.15) is 16.9 Å². The Morgan fingerprint density at radius 1 is 1.15 bits per heavy atom. The van der Waals surface area contributed by atoms with Crippen LogP contribution in [0.15, 0.2) is 46.6 Å². The molecule has 0 bridgehead atoms. The molecule has 1 aromatic carbocycles. The molecule has 1 atom stereocenters. The molecule has 1 fully saturated rings. The Morgan fingerprint density at radius 2 is 2.00 bits per heavy atom. The van der Waals surface area contributed by atoms with Crippen LogP contribution >= 0.6 is 11.8 Å². The van der Waals surface area contributed by atoms with E-state index in [1.54, 1.807) is 24.3 Å². The highest BCUT2D eigenvalue weighted by atomic mass is 32.2. The summed E-state index contributed by atoms with van der Waals surface area (Å²) < 4.78 is 21.0. The van der Waals surface area contributed by atoms with E-state index in [0.717, 1.165) is 25.0 Å². The van der Waals surface area contributed by atoms with Gasteiger partial charge in [-0.2, -0.15) is 5.26 Å². The number of hydrogen-bond donors (Lipinski definition) is 0. The SMILES string of the molecule is N#Cc1ccc(Sc2nnc(-c3ccc(F)cc3)n2CC2CCCO2)nn1. The highest BCUT2D eigenvalue weighted by molar-refractivity contribution is 7.99. The van der Waals surface area contributed by atoms with Crippen LogP contribution in [-0.4, -0.2) is 37.7 Å². The Labute approximate surface area is 159 Å². The number of ether oxygens (including phenoxy) is 1. The van der Waals surface area contributed by atoms with Gasteiger partial charge in [0.15, 0.2) is 16.7 Å². The molecule has 1 aliphatic rings.